The molecule has 2 amide bonds. The number of amides is 2. The molecule has 0 saturated heterocycles. The molecule has 0 unspecified atom stereocenters. The SMILES string of the molecule is O=C(NC1CCCC1)[C@H](Cc1ccccc1)N(Cc1ccccc1)C(=O)CN(c1ccc(Br)cc1)S(=O)(=O)c1ccccc1. The maximum atomic E-state index is 14.5. The number of carbonyl (C=O) groups is 2. The summed E-state index contributed by atoms with van der Waals surface area (Å²) in [5.74, 6) is -0.704. The number of nitrogens with zero attached hydrogens (tertiary/aromatic N) is 2. The summed E-state index contributed by atoms with van der Waals surface area (Å²) in [4.78, 5) is 30.1. The van der Waals surface area contributed by atoms with Gasteiger partial charge in [-0.3, -0.25) is 13.9 Å². The first-order valence-corrected chi connectivity index (χ1v) is 17.1. The molecule has 1 aliphatic carbocycles. The van der Waals surface area contributed by atoms with E-state index in [1.165, 1.54) is 12.1 Å². The molecule has 0 heterocycles. The number of hydrogen-bond donors (Lipinski definition) is 1. The average Bonchev–Trinajstić information content (AvgIpc) is 3.56. The molecule has 0 bridgehead atoms. The minimum absolute atomic E-state index is 0.0622. The van der Waals surface area contributed by atoms with Gasteiger partial charge in [-0.05, 0) is 60.4 Å². The smallest absolute Gasteiger partial charge is 0.264 e. The van der Waals surface area contributed by atoms with Gasteiger partial charge in [-0.1, -0.05) is 108 Å². The number of rotatable bonds is 12. The summed E-state index contributed by atoms with van der Waals surface area (Å²) in [6.45, 7) is -0.331. The summed E-state index contributed by atoms with van der Waals surface area (Å²) < 4.78 is 30.0. The van der Waals surface area contributed by atoms with Gasteiger partial charge in [-0.25, -0.2) is 8.42 Å². The zero-order valence-electron chi connectivity index (χ0n) is 24.4. The Morgan fingerprint density at radius 3 is 1.91 bits per heavy atom. The predicted octanol–water partition coefficient (Wildman–Crippen LogP) is 6.34. The minimum Gasteiger partial charge on any atom is -0.352 e. The molecule has 1 N–H and O–H groups in total. The van der Waals surface area contributed by atoms with Crippen molar-refractivity contribution in [3.8, 4) is 0 Å². The van der Waals surface area contributed by atoms with Crippen LogP contribution in [0.3, 0.4) is 0 Å². The highest BCUT2D eigenvalue weighted by molar-refractivity contribution is 9.10. The van der Waals surface area contributed by atoms with Crippen LogP contribution in [-0.4, -0.2) is 43.8 Å². The zero-order valence-corrected chi connectivity index (χ0v) is 26.8. The van der Waals surface area contributed by atoms with Crippen LogP contribution in [-0.2, 0) is 32.6 Å². The van der Waals surface area contributed by atoms with E-state index in [9.17, 15) is 18.0 Å². The monoisotopic (exact) mass is 673 g/mol. The van der Waals surface area contributed by atoms with E-state index >= 15 is 0 Å². The zero-order chi connectivity index (χ0) is 30.9. The Hall–Kier alpha value is -3.95. The van der Waals surface area contributed by atoms with Crippen molar-refractivity contribution in [2.45, 2.75) is 55.6 Å². The summed E-state index contributed by atoms with van der Waals surface area (Å²) in [5.41, 5.74) is 2.10. The molecule has 4 aromatic rings. The van der Waals surface area contributed by atoms with Gasteiger partial charge < -0.3 is 10.2 Å². The normalized spacial score (nSPS) is 14.1. The second-order valence-electron chi connectivity index (χ2n) is 11.0. The van der Waals surface area contributed by atoms with Crippen LogP contribution in [0.1, 0.15) is 36.8 Å². The number of halogens is 1. The third-order valence-electron chi connectivity index (χ3n) is 7.89. The van der Waals surface area contributed by atoms with E-state index in [1.807, 2.05) is 60.7 Å². The lowest BCUT2D eigenvalue weighted by molar-refractivity contribution is -0.140. The molecular weight excluding hydrogens is 638 g/mol. The largest absolute Gasteiger partial charge is 0.352 e. The van der Waals surface area contributed by atoms with Crippen molar-refractivity contribution in [3.63, 3.8) is 0 Å². The first-order chi connectivity index (χ1) is 21.3. The van der Waals surface area contributed by atoms with Crippen molar-refractivity contribution in [2.24, 2.45) is 0 Å². The Balaban J connectivity index is 1.54. The molecule has 1 saturated carbocycles. The number of sulfonamides is 1. The highest BCUT2D eigenvalue weighted by Gasteiger charge is 2.35. The van der Waals surface area contributed by atoms with Gasteiger partial charge in [-0.2, -0.15) is 0 Å². The number of carbonyl (C=O) groups excluding carboxylic acids is 2. The van der Waals surface area contributed by atoms with Crippen LogP contribution >= 0.6 is 15.9 Å². The van der Waals surface area contributed by atoms with Crippen molar-refractivity contribution < 1.29 is 18.0 Å². The number of nitrogens with one attached hydrogen (secondary N) is 1. The number of benzene rings is 4. The predicted molar refractivity (Wildman–Crippen MR) is 176 cm³/mol. The topological polar surface area (TPSA) is 86.8 Å². The average molecular weight is 675 g/mol. The summed E-state index contributed by atoms with van der Waals surface area (Å²) in [5, 5.41) is 3.20. The Bertz CT molecular complexity index is 1630. The van der Waals surface area contributed by atoms with Crippen LogP contribution in [0.5, 0.6) is 0 Å². The van der Waals surface area contributed by atoms with Gasteiger partial charge in [0.15, 0.2) is 0 Å². The summed E-state index contributed by atoms with van der Waals surface area (Å²) in [7, 11) is -4.12. The van der Waals surface area contributed by atoms with Gasteiger partial charge in [0.25, 0.3) is 10.0 Å². The number of anilines is 1. The Morgan fingerprint density at radius 1 is 0.773 bits per heavy atom. The highest BCUT2D eigenvalue weighted by Crippen LogP contribution is 2.27. The third kappa shape index (κ3) is 7.95. The first kappa shape index (κ1) is 31.5. The maximum absolute atomic E-state index is 14.5. The van der Waals surface area contributed by atoms with Crippen LogP contribution in [0.15, 0.2) is 125 Å². The fourth-order valence-electron chi connectivity index (χ4n) is 5.56. The summed E-state index contributed by atoms with van der Waals surface area (Å²) >= 11 is 3.42. The third-order valence-corrected chi connectivity index (χ3v) is 10.2. The summed E-state index contributed by atoms with van der Waals surface area (Å²) in [6, 6.07) is 33.2. The van der Waals surface area contributed by atoms with Crippen molar-refractivity contribution in [3.05, 3.63) is 131 Å². The van der Waals surface area contributed by atoms with Gasteiger partial charge in [0.05, 0.1) is 10.6 Å². The van der Waals surface area contributed by atoms with E-state index in [-0.39, 0.29) is 23.4 Å². The van der Waals surface area contributed by atoms with E-state index in [1.54, 1.807) is 47.4 Å². The van der Waals surface area contributed by atoms with Gasteiger partial charge in [-0.15, -0.1) is 0 Å². The molecule has 1 atom stereocenters. The first-order valence-electron chi connectivity index (χ1n) is 14.8. The molecule has 0 aliphatic heterocycles. The lowest BCUT2D eigenvalue weighted by Crippen LogP contribution is -2.54. The van der Waals surface area contributed by atoms with Crippen LogP contribution in [0.4, 0.5) is 5.69 Å². The molecule has 7 nitrogen and oxygen atoms in total. The Labute approximate surface area is 268 Å². The molecule has 0 radical (unpaired) electrons. The van der Waals surface area contributed by atoms with Crippen LogP contribution in [0.25, 0.3) is 0 Å². The van der Waals surface area contributed by atoms with E-state index in [2.05, 4.69) is 21.2 Å². The minimum atomic E-state index is -4.12. The molecule has 0 aromatic heterocycles. The Kier molecular flexibility index (Phi) is 10.5. The summed E-state index contributed by atoms with van der Waals surface area (Å²) in [6.07, 6.45) is 4.22. The van der Waals surface area contributed by atoms with Gasteiger partial charge in [0, 0.05) is 23.5 Å². The molecule has 5 rings (SSSR count). The molecule has 1 aliphatic rings. The maximum Gasteiger partial charge on any atom is 0.264 e. The standard InChI is InChI=1S/C35H36BrN3O4S/c36-29-20-22-31(23-21-29)39(44(42,43)32-18-8-3-9-19-32)26-34(40)38(25-28-14-6-2-7-15-28)33(24-27-12-4-1-5-13-27)35(41)37-30-16-10-11-17-30/h1-9,12-15,18-23,30,33H,10-11,16-17,24-26H2,(H,37,41)/t33-/m0/s1. The van der Waals surface area contributed by atoms with E-state index in [0.29, 0.717) is 12.1 Å². The lowest BCUT2D eigenvalue weighted by atomic mass is 10.0. The Morgan fingerprint density at radius 2 is 1.32 bits per heavy atom. The van der Waals surface area contributed by atoms with E-state index in [4.69, 9.17) is 0 Å². The molecule has 228 valence electrons. The molecule has 0 spiro atoms. The van der Waals surface area contributed by atoms with E-state index in [0.717, 1.165) is 45.6 Å². The van der Waals surface area contributed by atoms with Gasteiger partial charge in [0.2, 0.25) is 11.8 Å². The highest BCUT2D eigenvalue weighted by atomic mass is 79.9. The van der Waals surface area contributed by atoms with Crippen molar-refractivity contribution in [2.75, 3.05) is 10.8 Å². The fourth-order valence-corrected chi connectivity index (χ4v) is 7.26. The quantitative estimate of drug-likeness (QED) is 0.190. The van der Waals surface area contributed by atoms with Gasteiger partial charge >= 0.3 is 0 Å². The van der Waals surface area contributed by atoms with Crippen molar-refractivity contribution in [1.82, 2.24) is 10.2 Å². The van der Waals surface area contributed by atoms with Crippen LogP contribution < -0.4 is 9.62 Å². The molecule has 9 heteroatoms. The van der Waals surface area contributed by atoms with Crippen LogP contribution in [0, 0.1) is 0 Å². The second kappa shape index (κ2) is 14.7. The van der Waals surface area contributed by atoms with Gasteiger partial charge in [0.1, 0.15) is 12.6 Å². The van der Waals surface area contributed by atoms with Crippen molar-refractivity contribution >= 4 is 43.5 Å². The van der Waals surface area contributed by atoms with Crippen LogP contribution in [0.2, 0.25) is 0 Å². The second-order valence-corrected chi connectivity index (χ2v) is 13.8. The fraction of sp³-hybridized carbons (Fsp3) is 0.257. The number of hydrogen-bond acceptors (Lipinski definition) is 4. The molecule has 44 heavy (non-hydrogen) atoms. The van der Waals surface area contributed by atoms with Crippen molar-refractivity contribution in [1.29, 1.82) is 0 Å². The molecular formula is C35H36BrN3O4S. The van der Waals surface area contributed by atoms with E-state index < -0.39 is 28.5 Å². The molecule has 4 aromatic carbocycles. The molecule has 1 fully saturated rings. The lowest BCUT2D eigenvalue weighted by Gasteiger charge is -2.34.